The lowest BCUT2D eigenvalue weighted by Gasteiger charge is -2.12. The lowest BCUT2D eigenvalue weighted by atomic mass is 10.2. The first kappa shape index (κ1) is 11.5. The summed E-state index contributed by atoms with van der Waals surface area (Å²) in [6.45, 7) is 4.04. The molecule has 0 aliphatic heterocycles. The van der Waals surface area contributed by atoms with Crippen LogP contribution in [0.25, 0.3) is 0 Å². The highest BCUT2D eigenvalue weighted by atomic mass is 32.1. The minimum atomic E-state index is 0.309. The standard InChI is InChI=1S/C11H13N3S/c1-8(2)13-11(15)14-10-5-3-9(7-12)4-6-10/h3-6,8H,1-2H3,(H2,13,14,15). The molecule has 0 amide bonds. The first-order valence-electron chi connectivity index (χ1n) is 4.69. The maximum absolute atomic E-state index is 8.62. The minimum absolute atomic E-state index is 0.309. The summed E-state index contributed by atoms with van der Waals surface area (Å²) in [7, 11) is 0. The van der Waals surface area contributed by atoms with Gasteiger partial charge >= 0.3 is 0 Å². The van der Waals surface area contributed by atoms with Crippen LogP contribution in [0.5, 0.6) is 0 Å². The zero-order chi connectivity index (χ0) is 11.3. The van der Waals surface area contributed by atoms with Crippen molar-refractivity contribution in [2.24, 2.45) is 0 Å². The summed E-state index contributed by atoms with van der Waals surface area (Å²) in [6, 6.07) is 9.53. The third-order valence-electron chi connectivity index (χ3n) is 1.69. The van der Waals surface area contributed by atoms with Gasteiger partial charge in [-0.05, 0) is 50.3 Å². The SMILES string of the molecule is CC(C)NC(=S)Nc1ccc(C#N)cc1. The lowest BCUT2D eigenvalue weighted by molar-refractivity contribution is 0.739. The molecule has 78 valence electrons. The zero-order valence-corrected chi connectivity index (χ0v) is 9.56. The van der Waals surface area contributed by atoms with Crippen molar-refractivity contribution >= 4 is 23.0 Å². The van der Waals surface area contributed by atoms with Gasteiger partial charge in [0.15, 0.2) is 5.11 Å². The van der Waals surface area contributed by atoms with E-state index < -0.39 is 0 Å². The smallest absolute Gasteiger partial charge is 0.170 e. The van der Waals surface area contributed by atoms with Gasteiger partial charge in [0.1, 0.15) is 0 Å². The third-order valence-corrected chi connectivity index (χ3v) is 1.91. The third kappa shape index (κ3) is 3.96. The van der Waals surface area contributed by atoms with Gasteiger partial charge in [-0.3, -0.25) is 0 Å². The molecule has 1 aromatic carbocycles. The summed E-state index contributed by atoms with van der Waals surface area (Å²) < 4.78 is 0. The normalized spacial score (nSPS) is 9.47. The minimum Gasteiger partial charge on any atom is -0.360 e. The van der Waals surface area contributed by atoms with E-state index in [4.69, 9.17) is 17.5 Å². The van der Waals surface area contributed by atoms with E-state index in [1.807, 2.05) is 26.0 Å². The van der Waals surface area contributed by atoms with E-state index in [0.29, 0.717) is 16.7 Å². The number of thiocarbonyl (C=S) groups is 1. The Kier molecular flexibility index (Phi) is 4.07. The first-order chi connectivity index (χ1) is 7.11. The second kappa shape index (κ2) is 5.32. The number of hydrogen-bond acceptors (Lipinski definition) is 2. The average Bonchev–Trinajstić information content (AvgIpc) is 2.17. The second-order valence-electron chi connectivity index (χ2n) is 3.44. The van der Waals surface area contributed by atoms with Crippen molar-refractivity contribution in [3.05, 3.63) is 29.8 Å². The van der Waals surface area contributed by atoms with E-state index in [0.717, 1.165) is 5.69 Å². The molecule has 0 bridgehead atoms. The van der Waals surface area contributed by atoms with E-state index in [2.05, 4.69) is 16.7 Å². The van der Waals surface area contributed by atoms with Gasteiger partial charge in [0, 0.05) is 11.7 Å². The Bertz CT molecular complexity index is 376. The van der Waals surface area contributed by atoms with E-state index in [9.17, 15) is 0 Å². The topological polar surface area (TPSA) is 47.8 Å². The van der Waals surface area contributed by atoms with Crippen LogP contribution < -0.4 is 10.6 Å². The maximum Gasteiger partial charge on any atom is 0.170 e. The van der Waals surface area contributed by atoms with Crippen LogP contribution in [0.15, 0.2) is 24.3 Å². The van der Waals surface area contributed by atoms with Crippen molar-refractivity contribution in [3.63, 3.8) is 0 Å². The Morgan fingerprint density at radius 3 is 2.40 bits per heavy atom. The summed E-state index contributed by atoms with van der Waals surface area (Å²) in [4.78, 5) is 0. The summed E-state index contributed by atoms with van der Waals surface area (Å²) in [5, 5.41) is 15.3. The van der Waals surface area contributed by atoms with Crippen LogP contribution in [-0.2, 0) is 0 Å². The van der Waals surface area contributed by atoms with Gasteiger partial charge < -0.3 is 10.6 Å². The molecule has 1 rings (SSSR count). The predicted molar refractivity (Wildman–Crippen MR) is 65.6 cm³/mol. The van der Waals surface area contributed by atoms with Crippen LogP contribution >= 0.6 is 12.2 Å². The molecule has 0 fully saturated rings. The number of nitriles is 1. The fourth-order valence-corrected chi connectivity index (χ4v) is 1.41. The molecule has 0 aliphatic rings. The molecule has 0 saturated heterocycles. The van der Waals surface area contributed by atoms with Gasteiger partial charge in [0.05, 0.1) is 11.6 Å². The van der Waals surface area contributed by atoms with Crippen LogP contribution in [0.3, 0.4) is 0 Å². The highest BCUT2D eigenvalue weighted by molar-refractivity contribution is 7.80. The Balaban J connectivity index is 2.58. The number of nitrogens with one attached hydrogen (secondary N) is 2. The van der Waals surface area contributed by atoms with Gasteiger partial charge in [0.25, 0.3) is 0 Å². The van der Waals surface area contributed by atoms with E-state index in [1.54, 1.807) is 12.1 Å². The maximum atomic E-state index is 8.62. The van der Waals surface area contributed by atoms with Gasteiger partial charge in [-0.2, -0.15) is 5.26 Å². The monoisotopic (exact) mass is 219 g/mol. The molecule has 0 radical (unpaired) electrons. The molecule has 0 unspecified atom stereocenters. The highest BCUT2D eigenvalue weighted by Crippen LogP contribution is 2.08. The van der Waals surface area contributed by atoms with Gasteiger partial charge in [-0.15, -0.1) is 0 Å². The van der Waals surface area contributed by atoms with Gasteiger partial charge in [-0.1, -0.05) is 0 Å². The highest BCUT2D eigenvalue weighted by Gasteiger charge is 1.99. The van der Waals surface area contributed by atoms with Gasteiger partial charge in [-0.25, -0.2) is 0 Å². The van der Waals surface area contributed by atoms with E-state index in [1.165, 1.54) is 0 Å². The van der Waals surface area contributed by atoms with Crippen LogP contribution in [0.1, 0.15) is 19.4 Å². The van der Waals surface area contributed by atoms with Crippen molar-refractivity contribution in [2.75, 3.05) is 5.32 Å². The molecule has 3 nitrogen and oxygen atoms in total. The molecule has 1 aromatic rings. The van der Waals surface area contributed by atoms with Crippen molar-refractivity contribution in [3.8, 4) is 6.07 Å². The van der Waals surface area contributed by atoms with Crippen molar-refractivity contribution < 1.29 is 0 Å². The predicted octanol–water partition coefficient (Wildman–Crippen LogP) is 2.25. The number of anilines is 1. The van der Waals surface area contributed by atoms with E-state index in [-0.39, 0.29) is 0 Å². The molecule has 4 heteroatoms. The second-order valence-corrected chi connectivity index (χ2v) is 3.85. The quantitative estimate of drug-likeness (QED) is 0.749. The molecule has 15 heavy (non-hydrogen) atoms. The fraction of sp³-hybridized carbons (Fsp3) is 0.273. The number of rotatable bonds is 2. The number of nitrogens with zero attached hydrogens (tertiary/aromatic N) is 1. The van der Waals surface area contributed by atoms with Crippen molar-refractivity contribution in [1.29, 1.82) is 5.26 Å². The Labute approximate surface area is 95.1 Å². The molecule has 0 aromatic heterocycles. The summed E-state index contributed by atoms with van der Waals surface area (Å²) >= 11 is 5.09. The molecule has 0 saturated carbocycles. The van der Waals surface area contributed by atoms with Crippen molar-refractivity contribution in [1.82, 2.24) is 5.32 Å². The fourth-order valence-electron chi connectivity index (χ4n) is 1.06. The largest absolute Gasteiger partial charge is 0.360 e. The molecular formula is C11H13N3S. The number of hydrogen-bond donors (Lipinski definition) is 2. The molecular weight excluding hydrogens is 206 g/mol. The van der Waals surface area contributed by atoms with Crippen LogP contribution in [0.2, 0.25) is 0 Å². The lowest BCUT2D eigenvalue weighted by Crippen LogP contribution is -2.33. The molecule has 2 N–H and O–H groups in total. The number of benzene rings is 1. The van der Waals surface area contributed by atoms with Crippen molar-refractivity contribution in [2.45, 2.75) is 19.9 Å². The summed E-state index contributed by atoms with van der Waals surface area (Å²) in [5.74, 6) is 0. The van der Waals surface area contributed by atoms with E-state index >= 15 is 0 Å². The van der Waals surface area contributed by atoms with Gasteiger partial charge in [0.2, 0.25) is 0 Å². The Morgan fingerprint density at radius 1 is 1.33 bits per heavy atom. The Hall–Kier alpha value is -1.60. The molecule has 0 spiro atoms. The molecule has 0 aliphatic carbocycles. The average molecular weight is 219 g/mol. The first-order valence-corrected chi connectivity index (χ1v) is 5.10. The van der Waals surface area contributed by atoms with Crippen LogP contribution in [-0.4, -0.2) is 11.2 Å². The molecule has 0 heterocycles. The summed E-state index contributed by atoms with van der Waals surface area (Å²) in [5.41, 5.74) is 1.52. The van der Waals surface area contributed by atoms with Crippen LogP contribution in [0.4, 0.5) is 5.69 Å². The Morgan fingerprint density at radius 2 is 1.93 bits per heavy atom. The summed E-state index contributed by atoms with van der Waals surface area (Å²) in [6.07, 6.45) is 0. The van der Waals surface area contributed by atoms with Crippen LogP contribution in [0, 0.1) is 11.3 Å². The molecule has 0 atom stereocenters. The zero-order valence-electron chi connectivity index (χ0n) is 8.74.